The van der Waals surface area contributed by atoms with Gasteiger partial charge in [-0.2, -0.15) is 0 Å². The molecule has 0 aliphatic rings. The third kappa shape index (κ3) is 2.78. The smallest absolute Gasteiger partial charge is 0.303 e. The van der Waals surface area contributed by atoms with Crippen LogP contribution in [-0.2, 0) is 18.8 Å². The van der Waals surface area contributed by atoms with Gasteiger partial charge >= 0.3 is 4.87 Å². The topological polar surface area (TPSA) is 34.9 Å². The van der Waals surface area contributed by atoms with Crippen LogP contribution in [0.5, 0.6) is 0 Å². The highest BCUT2D eigenvalue weighted by molar-refractivity contribution is 7.09. The van der Waals surface area contributed by atoms with Crippen molar-refractivity contribution in [1.29, 1.82) is 0 Å². The summed E-state index contributed by atoms with van der Waals surface area (Å²) in [6.45, 7) is 4.66. The molecule has 0 spiro atoms. The molecular formula is C11H13ClN2OS2. The summed E-state index contributed by atoms with van der Waals surface area (Å²) < 4.78 is 1.82. The van der Waals surface area contributed by atoms with E-state index in [0.29, 0.717) is 12.4 Å². The van der Waals surface area contributed by atoms with E-state index in [2.05, 4.69) is 4.98 Å². The van der Waals surface area contributed by atoms with E-state index in [1.807, 2.05) is 23.8 Å². The van der Waals surface area contributed by atoms with Gasteiger partial charge in [0, 0.05) is 28.9 Å². The summed E-state index contributed by atoms with van der Waals surface area (Å²) in [4.78, 5) is 17.3. The Labute approximate surface area is 113 Å². The van der Waals surface area contributed by atoms with Crippen molar-refractivity contribution in [3.05, 3.63) is 36.3 Å². The summed E-state index contributed by atoms with van der Waals surface area (Å²) >= 11 is 8.62. The second-order valence-electron chi connectivity index (χ2n) is 3.78. The Hall–Kier alpha value is -0.650. The van der Waals surface area contributed by atoms with Gasteiger partial charge in [-0.1, -0.05) is 11.3 Å². The van der Waals surface area contributed by atoms with E-state index in [1.165, 1.54) is 11.3 Å². The quantitative estimate of drug-likeness (QED) is 0.811. The summed E-state index contributed by atoms with van der Waals surface area (Å²) in [7, 11) is 0. The van der Waals surface area contributed by atoms with Gasteiger partial charge in [-0.25, -0.2) is 4.98 Å². The van der Waals surface area contributed by atoms with Crippen LogP contribution in [0, 0.1) is 13.8 Å². The maximum atomic E-state index is 11.7. The van der Waals surface area contributed by atoms with Gasteiger partial charge in [0.05, 0.1) is 16.6 Å². The SMILES string of the molecule is Cc1sc(=O)n(CCc2nc(CCl)cs2)c1C. The summed E-state index contributed by atoms with van der Waals surface area (Å²) in [5.74, 6) is 0.451. The van der Waals surface area contributed by atoms with Crippen molar-refractivity contribution in [3.63, 3.8) is 0 Å². The number of rotatable bonds is 4. The Balaban J connectivity index is 2.09. The second-order valence-corrected chi connectivity index (χ2v) is 6.15. The number of hydrogen-bond acceptors (Lipinski definition) is 4. The number of nitrogens with zero attached hydrogens (tertiary/aromatic N) is 2. The molecule has 0 N–H and O–H groups in total. The van der Waals surface area contributed by atoms with Crippen LogP contribution >= 0.6 is 34.3 Å². The lowest BCUT2D eigenvalue weighted by Gasteiger charge is -2.02. The molecule has 3 nitrogen and oxygen atoms in total. The van der Waals surface area contributed by atoms with E-state index in [-0.39, 0.29) is 4.87 Å². The number of hydrogen-bond donors (Lipinski definition) is 0. The molecule has 0 bridgehead atoms. The minimum absolute atomic E-state index is 0.120. The minimum atomic E-state index is 0.120. The standard InChI is InChI=1S/C11H13ClN2OS2/c1-7-8(2)17-11(15)14(7)4-3-10-13-9(5-12)6-16-10/h6H,3-5H2,1-2H3. The predicted octanol–water partition coefficient (Wildman–Crippen LogP) is 2.96. The Morgan fingerprint density at radius 2 is 2.24 bits per heavy atom. The molecule has 0 amide bonds. The van der Waals surface area contributed by atoms with Crippen molar-refractivity contribution >= 4 is 34.3 Å². The molecule has 2 heterocycles. The first-order chi connectivity index (χ1) is 8.11. The van der Waals surface area contributed by atoms with Crippen LogP contribution in [0.25, 0.3) is 0 Å². The maximum Gasteiger partial charge on any atom is 0.307 e. The third-order valence-electron chi connectivity index (χ3n) is 2.66. The fraction of sp³-hybridized carbons (Fsp3) is 0.455. The van der Waals surface area contributed by atoms with Gasteiger partial charge in [-0.05, 0) is 13.8 Å². The molecular weight excluding hydrogens is 276 g/mol. The fourth-order valence-corrected chi connectivity index (χ4v) is 3.45. The molecule has 0 radical (unpaired) electrons. The lowest BCUT2D eigenvalue weighted by molar-refractivity contribution is 0.661. The number of thiazole rings is 2. The van der Waals surface area contributed by atoms with Crippen molar-refractivity contribution in [2.45, 2.75) is 32.7 Å². The highest BCUT2D eigenvalue weighted by Gasteiger charge is 2.08. The Bertz CT molecular complexity index is 570. The van der Waals surface area contributed by atoms with Gasteiger partial charge in [0.2, 0.25) is 0 Å². The first-order valence-electron chi connectivity index (χ1n) is 5.28. The highest BCUT2D eigenvalue weighted by atomic mass is 35.5. The summed E-state index contributed by atoms with van der Waals surface area (Å²) in [6.07, 6.45) is 0.790. The van der Waals surface area contributed by atoms with Gasteiger partial charge in [0.25, 0.3) is 0 Å². The molecule has 2 rings (SSSR count). The maximum absolute atomic E-state index is 11.7. The largest absolute Gasteiger partial charge is 0.307 e. The van der Waals surface area contributed by atoms with Crippen LogP contribution in [0.15, 0.2) is 10.2 Å². The van der Waals surface area contributed by atoms with Crippen LogP contribution in [-0.4, -0.2) is 9.55 Å². The minimum Gasteiger partial charge on any atom is -0.303 e. The van der Waals surface area contributed by atoms with Crippen LogP contribution < -0.4 is 4.87 Å². The van der Waals surface area contributed by atoms with Crippen molar-refractivity contribution in [3.8, 4) is 0 Å². The molecule has 17 heavy (non-hydrogen) atoms. The molecule has 0 saturated carbocycles. The number of halogens is 1. The Morgan fingerprint density at radius 1 is 1.47 bits per heavy atom. The second kappa shape index (κ2) is 5.33. The molecule has 0 atom stereocenters. The summed E-state index contributed by atoms with van der Waals surface area (Å²) in [5.41, 5.74) is 1.98. The molecule has 0 unspecified atom stereocenters. The summed E-state index contributed by atoms with van der Waals surface area (Å²) in [6, 6.07) is 0. The molecule has 2 aromatic rings. The molecule has 0 saturated heterocycles. The van der Waals surface area contributed by atoms with E-state index >= 15 is 0 Å². The third-order valence-corrected chi connectivity index (χ3v) is 4.89. The van der Waals surface area contributed by atoms with Crippen LogP contribution in [0.4, 0.5) is 0 Å². The molecule has 0 aliphatic carbocycles. The van der Waals surface area contributed by atoms with Crippen molar-refractivity contribution < 1.29 is 0 Å². The zero-order chi connectivity index (χ0) is 12.4. The molecule has 0 fully saturated rings. The molecule has 6 heteroatoms. The molecule has 0 aromatic carbocycles. The van der Waals surface area contributed by atoms with E-state index in [1.54, 1.807) is 11.3 Å². The van der Waals surface area contributed by atoms with E-state index < -0.39 is 0 Å². The van der Waals surface area contributed by atoms with Crippen LogP contribution in [0.1, 0.15) is 21.3 Å². The fourth-order valence-electron chi connectivity index (χ4n) is 1.58. The Kier molecular flexibility index (Phi) is 4.01. The van der Waals surface area contributed by atoms with E-state index in [4.69, 9.17) is 11.6 Å². The predicted molar refractivity (Wildman–Crippen MR) is 73.4 cm³/mol. The van der Waals surface area contributed by atoms with Crippen LogP contribution in [0.2, 0.25) is 0 Å². The van der Waals surface area contributed by atoms with E-state index in [0.717, 1.165) is 27.7 Å². The van der Waals surface area contributed by atoms with Gasteiger partial charge in [0.1, 0.15) is 0 Å². The lowest BCUT2D eigenvalue weighted by Crippen LogP contribution is -2.16. The van der Waals surface area contributed by atoms with Gasteiger partial charge in [-0.15, -0.1) is 22.9 Å². The molecule has 92 valence electrons. The average Bonchev–Trinajstić information content (AvgIpc) is 2.84. The lowest BCUT2D eigenvalue weighted by atomic mass is 10.3. The Morgan fingerprint density at radius 3 is 2.76 bits per heavy atom. The zero-order valence-corrected chi connectivity index (χ0v) is 12.1. The first-order valence-corrected chi connectivity index (χ1v) is 7.51. The monoisotopic (exact) mass is 288 g/mol. The summed E-state index contributed by atoms with van der Waals surface area (Å²) in [5, 5.41) is 3.01. The normalized spacial score (nSPS) is 11.0. The van der Waals surface area contributed by atoms with Gasteiger partial charge < -0.3 is 4.57 Å². The number of alkyl halides is 1. The van der Waals surface area contributed by atoms with Crippen molar-refractivity contribution in [2.24, 2.45) is 0 Å². The zero-order valence-electron chi connectivity index (χ0n) is 9.70. The van der Waals surface area contributed by atoms with E-state index in [9.17, 15) is 4.79 Å². The van der Waals surface area contributed by atoms with Crippen molar-refractivity contribution in [2.75, 3.05) is 0 Å². The van der Waals surface area contributed by atoms with Crippen LogP contribution in [0.3, 0.4) is 0 Å². The molecule has 2 aromatic heterocycles. The average molecular weight is 289 g/mol. The van der Waals surface area contributed by atoms with Gasteiger partial charge in [-0.3, -0.25) is 4.79 Å². The van der Waals surface area contributed by atoms with Crippen molar-refractivity contribution in [1.82, 2.24) is 9.55 Å². The molecule has 0 aliphatic heterocycles. The first kappa shape index (κ1) is 12.8. The number of aromatic nitrogens is 2. The number of aryl methyl sites for hydroxylation is 2. The van der Waals surface area contributed by atoms with Gasteiger partial charge in [0.15, 0.2) is 0 Å². The highest BCUT2D eigenvalue weighted by Crippen LogP contribution is 2.14.